The highest BCUT2D eigenvalue weighted by molar-refractivity contribution is 5.94. The van der Waals surface area contributed by atoms with Gasteiger partial charge in [-0.3, -0.25) is 9.59 Å². The third-order valence-corrected chi connectivity index (χ3v) is 5.18. The number of nitrogens with one attached hydrogen (secondary N) is 1. The maximum absolute atomic E-state index is 12.5. The van der Waals surface area contributed by atoms with E-state index < -0.39 is 0 Å². The van der Waals surface area contributed by atoms with Gasteiger partial charge in [0.1, 0.15) is 0 Å². The van der Waals surface area contributed by atoms with Gasteiger partial charge < -0.3 is 15.1 Å². The minimum atomic E-state index is 0.0933. The van der Waals surface area contributed by atoms with E-state index in [0.29, 0.717) is 12.8 Å². The van der Waals surface area contributed by atoms with Gasteiger partial charge in [0, 0.05) is 44.0 Å². The number of hydrogen-bond acceptors (Lipinski definition) is 3. The van der Waals surface area contributed by atoms with E-state index in [2.05, 4.69) is 22.3 Å². The lowest BCUT2D eigenvalue weighted by Gasteiger charge is -2.36. The molecule has 0 atom stereocenters. The molecule has 26 heavy (non-hydrogen) atoms. The van der Waals surface area contributed by atoms with E-state index in [0.717, 1.165) is 43.9 Å². The lowest BCUT2D eigenvalue weighted by atomic mass is 10.0. The van der Waals surface area contributed by atoms with E-state index in [4.69, 9.17) is 0 Å². The zero-order valence-corrected chi connectivity index (χ0v) is 14.8. The average Bonchev–Trinajstić information content (AvgIpc) is 2.68. The molecule has 2 aliphatic heterocycles. The number of benzene rings is 2. The van der Waals surface area contributed by atoms with Gasteiger partial charge in [-0.25, -0.2) is 0 Å². The maximum Gasteiger partial charge on any atom is 0.227 e. The Morgan fingerprint density at radius 1 is 0.962 bits per heavy atom. The average molecular weight is 349 g/mol. The summed E-state index contributed by atoms with van der Waals surface area (Å²) in [5, 5.41) is 2.92. The number of amides is 2. The van der Waals surface area contributed by atoms with Gasteiger partial charge in [-0.1, -0.05) is 30.3 Å². The van der Waals surface area contributed by atoms with Crippen LogP contribution in [0.4, 0.5) is 11.4 Å². The summed E-state index contributed by atoms with van der Waals surface area (Å²) in [6.45, 7) is 3.18. The van der Waals surface area contributed by atoms with Crippen LogP contribution < -0.4 is 10.2 Å². The summed E-state index contributed by atoms with van der Waals surface area (Å²) in [5.74, 6) is 0.291. The largest absolute Gasteiger partial charge is 0.368 e. The number of aryl methyl sites for hydroxylation is 1. The van der Waals surface area contributed by atoms with E-state index in [9.17, 15) is 9.59 Å². The van der Waals surface area contributed by atoms with Crippen LogP contribution >= 0.6 is 0 Å². The van der Waals surface area contributed by atoms with Gasteiger partial charge in [-0.05, 0) is 35.7 Å². The summed E-state index contributed by atoms with van der Waals surface area (Å²) in [5.41, 5.74) is 4.37. The molecule has 5 heteroatoms. The van der Waals surface area contributed by atoms with Crippen molar-refractivity contribution in [3.05, 3.63) is 59.7 Å². The summed E-state index contributed by atoms with van der Waals surface area (Å²) in [4.78, 5) is 28.3. The van der Waals surface area contributed by atoms with E-state index in [1.165, 1.54) is 11.3 Å². The predicted molar refractivity (Wildman–Crippen MR) is 102 cm³/mol. The molecule has 2 heterocycles. The summed E-state index contributed by atoms with van der Waals surface area (Å²) < 4.78 is 0. The Kier molecular flexibility index (Phi) is 4.61. The number of nitrogens with zero attached hydrogens (tertiary/aromatic N) is 2. The van der Waals surface area contributed by atoms with Gasteiger partial charge in [0.15, 0.2) is 0 Å². The Morgan fingerprint density at radius 3 is 2.50 bits per heavy atom. The second kappa shape index (κ2) is 7.20. The lowest BCUT2D eigenvalue weighted by molar-refractivity contribution is -0.130. The van der Waals surface area contributed by atoms with Crippen molar-refractivity contribution in [2.75, 3.05) is 36.4 Å². The number of anilines is 2. The van der Waals surface area contributed by atoms with Gasteiger partial charge in [0.05, 0.1) is 6.42 Å². The first kappa shape index (κ1) is 16.6. The molecule has 0 unspecified atom stereocenters. The zero-order valence-electron chi connectivity index (χ0n) is 14.8. The van der Waals surface area contributed by atoms with Crippen molar-refractivity contribution in [1.29, 1.82) is 0 Å². The first-order chi connectivity index (χ1) is 12.7. The second-order valence-electron chi connectivity index (χ2n) is 6.92. The number of carbonyl (C=O) groups excluding carboxylic acids is 2. The third-order valence-electron chi connectivity index (χ3n) is 5.18. The molecule has 0 spiro atoms. The van der Waals surface area contributed by atoms with Crippen molar-refractivity contribution in [3.8, 4) is 0 Å². The number of carbonyl (C=O) groups is 2. The zero-order chi connectivity index (χ0) is 17.9. The molecule has 0 aromatic heterocycles. The smallest absolute Gasteiger partial charge is 0.227 e. The normalized spacial score (nSPS) is 16.8. The molecule has 1 N–H and O–H groups in total. The monoisotopic (exact) mass is 349 g/mol. The molecule has 2 aromatic carbocycles. The second-order valence-corrected chi connectivity index (χ2v) is 6.92. The predicted octanol–water partition coefficient (Wildman–Crippen LogP) is 2.46. The molecule has 0 saturated carbocycles. The molecule has 0 bridgehead atoms. The SMILES string of the molecule is O=C1CCc2cc(N3CCN(C(=O)Cc4ccccc4)CC3)ccc2N1. The van der Waals surface area contributed by atoms with Crippen LogP contribution in [0.5, 0.6) is 0 Å². The Bertz CT molecular complexity index is 811. The highest BCUT2D eigenvalue weighted by atomic mass is 16.2. The number of rotatable bonds is 3. The Morgan fingerprint density at radius 2 is 1.73 bits per heavy atom. The minimum Gasteiger partial charge on any atom is -0.368 e. The fraction of sp³-hybridized carbons (Fsp3) is 0.333. The highest BCUT2D eigenvalue weighted by Crippen LogP contribution is 2.28. The van der Waals surface area contributed by atoms with Crippen LogP contribution in [0.3, 0.4) is 0 Å². The molecule has 4 rings (SSSR count). The Hall–Kier alpha value is -2.82. The molecule has 134 valence electrons. The molecule has 1 fully saturated rings. The third kappa shape index (κ3) is 3.57. The number of piperazine rings is 1. The standard InChI is InChI=1S/C21H23N3O2/c25-20-9-6-17-15-18(7-8-19(17)22-20)23-10-12-24(13-11-23)21(26)14-16-4-2-1-3-5-16/h1-5,7-8,15H,6,9-14H2,(H,22,25). The van der Waals surface area contributed by atoms with Crippen LogP contribution in [0.2, 0.25) is 0 Å². The van der Waals surface area contributed by atoms with E-state index in [1.807, 2.05) is 41.3 Å². The molecular weight excluding hydrogens is 326 g/mol. The maximum atomic E-state index is 12.5. The molecule has 0 aliphatic carbocycles. The molecule has 5 nitrogen and oxygen atoms in total. The summed E-state index contributed by atoms with van der Waals surface area (Å²) in [6, 6.07) is 16.1. The van der Waals surface area contributed by atoms with Crippen LogP contribution in [0.15, 0.2) is 48.5 Å². The van der Waals surface area contributed by atoms with E-state index >= 15 is 0 Å². The quantitative estimate of drug-likeness (QED) is 0.926. The molecule has 2 amide bonds. The lowest BCUT2D eigenvalue weighted by Crippen LogP contribution is -2.49. The van der Waals surface area contributed by atoms with Gasteiger partial charge in [0.25, 0.3) is 0 Å². The van der Waals surface area contributed by atoms with Gasteiger partial charge >= 0.3 is 0 Å². The number of hydrogen-bond donors (Lipinski definition) is 1. The van der Waals surface area contributed by atoms with Crippen molar-refractivity contribution in [2.24, 2.45) is 0 Å². The van der Waals surface area contributed by atoms with Crippen molar-refractivity contribution in [1.82, 2.24) is 4.90 Å². The summed E-state index contributed by atoms with van der Waals surface area (Å²) in [6.07, 6.45) is 1.82. The topological polar surface area (TPSA) is 52.7 Å². The van der Waals surface area contributed by atoms with Crippen molar-refractivity contribution in [3.63, 3.8) is 0 Å². The first-order valence-electron chi connectivity index (χ1n) is 9.18. The Labute approximate surface area is 153 Å². The van der Waals surface area contributed by atoms with Gasteiger partial charge in [-0.2, -0.15) is 0 Å². The van der Waals surface area contributed by atoms with Crippen LogP contribution in [-0.2, 0) is 22.4 Å². The summed E-state index contributed by atoms with van der Waals surface area (Å²) >= 11 is 0. The van der Waals surface area contributed by atoms with Crippen LogP contribution in [0.1, 0.15) is 17.5 Å². The fourth-order valence-electron chi connectivity index (χ4n) is 3.66. The van der Waals surface area contributed by atoms with Crippen LogP contribution in [0, 0.1) is 0 Å². The number of fused-ring (bicyclic) bond motifs is 1. The van der Waals surface area contributed by atoms with Crippen molar-refractivity contribution >= 4 is 23.2 Å². The Balaban J connectivity index is 1.36. The fourth-order valence-corrected chi connectivity index (χ4v) is 3.66. The first-order valence-corrected chi connectivity index (χ1v) is 9.18. The molecule has 1 saturated heterocycles. The van der Waals surface area contributed by atoms with Crippen molar-refractivity contribution < 1.29 is 9.59 Å². The molecular formula is C21H23N3O2. The van der Waals surface area contributed by atoms with Gasteiger partial charge in [-0.15, -0.1) is 0 Å². The van der Waals surface area contributed by atoms with E-state index in [-0.39, 0.29) is 11.8 Å². The van der Waals surface area contributed by atoms with Crippen molar-refractivity contribution in [2.45, 2.75) is 19.3 Å². The van der Waals surface area contributed by atoms with E-state index in [1.54, 1.807) is 0 Å². The van der Waals surface area contributed by atoms with Gasteiger partial charge in [0.2, 0.25) is 11.8 Å². The molecule has 2 aromatic rings. The molecule has 2 aliphatic rings. The summed E-state index contributed by atoms with van der Waals surface area (Å²) in [7, 11) is 0. The van der Waals surface area contributed by atoms with Crippen LogP contribution in [0.25, 0.3) is 0 Å². The minimum absolute atomic E-state index is 0.0933. The highest BCUT2D eigenvalue weighted by Gasteiger charge is 2.22. The molecule has 0 radical (unpaired) electrons. The van der Waals surface area contributed by atoms with Crippen LogP contribution in [-0.4, -0.2) is 42.9 Å².